The maximum absolute atomic E-state index is 12.4. The molecule has 0 atom stereocenters. The van der Waals surface area contributed by atoms with Crippen LogP contribution in [0.1, 0.15) is 44.5 Å². The van der Waals surface area contributed by atoms with Gasteiger partial charge in [0, 0.05) is 18.7 Å². The zero-order chi connectivity index (χ0) is 16.9. The maximum atomic E-state index is 12.4. The van der Waals surface area contributed by atoms with Crippen LogP contribution in [0.15, 0.2) is 12.1 Å². The highest BCUT2D eigenvalue weighted by Crippen LogP contribution is 2.37. The Labute approximate surface area is 138 Å². The van der Waals surface area contributed by atoms with E-state index in [0.717, 1.165) is 6.42 Å². The molecule has 0 fully saturated rings. The molecule has 0 spiro atoms. The predicted molar refractivity (Wildman–Crippen MR) is 90.2 cm³/mol. The molecule has 0 radical (unpaired) electrons. The zero-order valence-electron chi connectivity index (χ0n) is 14.3. The Morgan fingerprint density at radius 1 is 1.27 bits per heavy atom. The number of amides is 1. The maximum Gasteiger partial charge on any atom is 0.254 e. The number of nitrogens with zero attached hydrogens (tertiary/aromatic N) is 1. The van der Waals surface area contributed by atoms with Crippen LogP contribution < -0.4 is 9.47 Å². The molecule has 0 N–H and O–H groups in total. The molecule has 1 amide bonds. The van der Waals surface area contributed by atoms with Crippen LogP contribution in [-0.4, -0.2) is 37.6 Å². The van der Waals surface area contributed by atoms with Crippen molar-refractivity contribution in [3.05, 3.63) is 22.7 Å². The molecule has 0 saturated heterocycles. The number of ether oxygens (including phenoxy) is 2. The highest BCUT2D eigenvalue weighted by Gasteiger charge is 2.19. The van der Waals surface area contributed by atoms with Gasteiger partial charge in [0.2, 0.25) is 0 Å². The Balaban J connectivity index is 3.02. The van der Waals surface area contributed by atoms with Gasteiger partial charge >= 0.3 is 0 Å². The lowest BCUT2D eigenvalue weighted by Crippen LogP contribution is -2.33. The molecule has 1 aromatic rings. The average Bonchev–Trinajstić information content (AvgIpc) is 2.46. The van der Waals surface area contributed by atoms with Crippen LogP contribution in [0.2, 0.25) is 5.02 Å². The summed E-state index contributed by atoms with van der Waals surface area (Å²) in [6.07, 6.45) is 0.927. The number of carbonyl (C=O) groups is 1. The second kappa shape index (κ2) is 8.28. The van der Waals surface area contributed by atoms with Crippen LogP contribution in [0.25, 0.3) is 0 Å². The minimum atomic E-state index is -0.0936. The molecule has 4 nitrogen and oxygen atoms in total. The van der Waals surface area contributed by atoms with Crippen molar-refractivity contribution in [3.63, 3.8) is 0 Å². The molecule has 0 bridgehead atoms. The molecule has 0 unspecified atom stereocenters. The van der Waals surface area contributed by atoms with Crippen molar-refractivity contribution in [2.45, 2.75) is 40.2 Å². The van der Waals surface area contributed by atoms with E-state index in [0.29, 0.717) is 34.6 Å². The van der Waals surface area contributed by atoms with Gasteiger partial charge in [-0.1, -0.05) is 25.4 Å². The normalized spacial score (nSPS) is 11.0. The third kappa shape index (κ3) is 4.80. The molecule has 22 heavy (non-hydrogen) atoms. The highest BCUT2D eigenvalue weighted by atomic mass is 35.5. The van der Waals surface area contributed by atoms with Crippen molar-refractivity contribution in [2.75, 3.05) is 20.8 Å². The van der Waals surface area contributed by atoms with Crippen molar-refractivity contribution < 1.29 is 14.3 Å². The molecular formula is C17H26ClNO3. The number of carbonyl (C=O) groups excluding carboxylic acids is 1. The summed E-state index contributed by atoms with van der Waals surface area (Å²) in [7, 11) is 3.31. The van der Waals surface area contributed by atoms with Gasteiger partial charge in [0.05, 0.1) is 18.7 Å². The number of halogens is 1. The van der Waals surface area contributed by atoms with E-state index >= 15 is 0 Å². The van der Waals surface area contributed by atoms with Gasteiger partial charge in [-0.3, -0.25) is 4.79 Å². The summed E-state index contributed by atoms with van der Waals surface area (Å²) < 4.78 is 11.1. The molecule has 0 aliphatic rings. The van der Waals surface area contributed by atoms with Crippen molar-refractivity contribution >= 4 is 17.5 Å². The van der Waals surface area contributed by atoms with Crippen LogP contribution in [-0.2, 0) is 0 Å². The third-order valence-electron chi connectivity index (χ3n) is 3.51. The quantitative estimate of drug-likeness (QED) is 0.751. The minimum Gasteiger partial charge on any atom is -0.493 e. The lowest BCUT2D eigenvalue weighted by Gasteiger charge is -2.22. The molecule has 1 rings (SSSR count). The standard InChI is InChI=1S/C17H26ClNO3/c1-11(2)7-8-22-16-14(18)9-13(10-15(16)21-6)17(20)19(5)12(3)4/h9-12H,7-8H2,1-6H3. The van der Waals surface area contributed by atoms with Gasteiger partial charge in [0.25, 0.3) is 5.91 Å². The van der Waals surface area contributed by atoms with E-state index in [-0.39, 0.29) is 11.9 Å². The Morgan fingerprint density at radius 3 is 2.41 bits per heavy atom. The molecule has 0 saturated carbocycles. The van der Waals surface area contributed by atoms with Crippen molar-refractivity contribution in [1.29, 1.82) is 0 Å². The fourth-order valence-corrected chi connectivity index (χ4v) is 2.08. The number of methoxy groups -OCH3 is 1. The first kappa shape index (κ1) is 18.6. The fraction of sp³-hybridized carbons (Fsp3) is 0.588. The molecule has 0 aromatic heterocycles. The first-order chi connectivity index (χ1) is 10.3. The van der Waals surface area contributed by atoms with Gasteiger partial charge in [-0.05, 0) is 38.3 Å². The van der Waals surface area contributed by atoms with Gasteiger partial charge in [-0.25, -0.2) is 0 Å². The SMILES string of the molecule is COc1cc(C(=O)N(C)C(C)C)cc(Cl)c1OCCC(C)C. The topological polar surface area (TPSA) is 38.8 Å². The first-order valence-electron chi connectivity index (χ1n) is 7.55. The van der Waals surface area contributed by atoms with Gasteiger partial charge in [0.1, 0.15) is 0 Å². The molecule has 0 aliphatic heterocycles. The van der Waals surface area contributed by atoms with E-state index in [1.54, 1.807) is 31.2 Å². The molecular weight excluding hydrogens is 302 g/mol. The predicted octanol–water partition coefficient (Wildman–Crippen LogP) is 4.25. The summed E-state index contributed by atoms with van der Waals surface area (Å²) >= 11 is 6.28. The van der Waals surface area contributed by atoms with Gasteiger partial charge in [0.15, 0.2) is 11.5 Å². The monoisotopic (exact) mass is 327 g/mol. The van der Waals surface area contributed by atoms with Crippen molar-refractivity contribution in [2.24, 2.45) is 5.92 Å². The second-order valence-electron chi connectivity index (χ2n) is 6.03. The first-order valence-corrected chi connectivity index (χ1v) is 7.93. The van der Waals surface area contributed by atoms with Gasteiger partial charge < -0.3 is 14.4 Å². The summed E-state index contributed by atoms with van der Waals surface area (Å²) in [5.74, 6) is 1.43. The molecule has 0 heterocycles. The summed E-state index contributed by atoms with van der Waals surface area (Å²) in [6, 6.07) is 3.42. The largest absolute Gasteiger partial charge is 0.493 e. The summed E-state index contributed by atoms with van der Waals surface area (Å²) in [6.45, 7) is 8.74. The fourth-order valence-electron chi connectivity index (χ4n) is 1.82. The number of hydrogen-bond donors (Lipinski definition) is 0. The Hall–Kier alpha value is -1.42. The van der Waals surface area contributed by atoms with Crippen LogP contribution >= 0.6 is 11.6 Å². The average molecular weight is 328 g/mol. The van der Waals surface area contributed by atoms with E-state index < -0.39 is 0 Å². The van der Waals surface area contributed by atoms with Gasteiger partial charge in [-0.2, -0.15) is 0 Å². The Morgan fingerprint density at radius 2 is 1.91 bits per heavy atom. The minimum absolute atomic E-state index is 0.0936. The summed E-state index contributed by atoms with van der Waals surface area (Å²) in [5.41, 5.74) is 0.495. The molecule has 124 valence electrons. The van der Waals surface area contributed by atoms with Crippen molar-refractivity contribution in [3.8, 4) is 11.5 Å². The summed E-state index contributed by atoms with van der Waals surface area (Å²) in [4.78, 5) is 14.0. The van der Waals surface area contributed by atoms with E-state index in [2.05, 4.69) is 13.8 Å². The lowest BCUT2D eigenvalue weighted by molar-refractivity contribution is 0.0754. The van der Waals surface area contributed by atoms with Crippen LogP contribution in [0.4, 0.5) is 0 Å². The van der Waals surface area contributed by atoms with E-state index in [1.807, 2.05) is 13.8 Å². The van der Waals surface area contributed by atoms with E-state index in [1.165, 1.54) is 0 Å². The van der Waals surface area contributed by atoms with Crippen LogP contribution in [0.3, 0.4) is 0 Å². The van der Waals surface area contributed by atoms with Crippen LogP contribution in [0, 0.1) is 5.92 Å². The number of benzene rings is 1. The zero-order valence-corrected chi connectivity index (χ0v) is 15.0. The number of hydrogen-bond acceptors (Lipinski definition) is 3. The molecule has 1 aromatic carbocycles. The summed E-state index contributed by atoms with van der Waals surface area (Å²) in [5, 5.41) is 0.392. The van der Waals surface area contributed by atoms with E-state index in [4.69, 9.17) is 21.1 Å². The Kier molecular flexibility index (Phi) is 7.01. The van der Waals surface area contributed by atoms with Gasteiger partial charge in [-0.15, -0.1) is 0 Å². The molecule has 5 heteroatoms. The lowest BCUT2D eigenvalue weighted by atomic mass is 10.1. The van der Waals surface area contributed by atoms with E-state index in [9.17, 15) is 4.79 Å². The number of rotatable bonds is 7. The van der Waals surface area contributed by atoms with Crippen molar-refractivity contribution in [1.82, 2.24) is 4.90 Å². The highest BCUT2D eigenvalue weighted by molar-refractivity contribution is 6.32. The second-order valence-corrected chi connectivity index (χ2v) is 6.44. The smallest absolute Gasteiger partial charge is 0.254 e. The van der Waals surface area contributed by atoms with Crippen LogP contribution in [0.5, 0.6) is 11.5 Å². The Bertz CT molecular complexity index is 515. The molecule has 0 aliphatic carbocycles. The third-order valence-corrected chi connectivity index (χ3v) is 3.79.